The molecule has 2 aromatic carbocycles. The van der Waals surface area contributed by atoms with E-state index in [1.54, 1.807) is 19.2 Å². The maximum atomic E-state index is 13.6. The van der Waals surface area contributed by atoms with Crippen LogP contribution < -0.4 is 15.6 Å². The molecule has 3 aromatic rings. The first-order valence-corrected chi connectivity index (χ1v) is 8.23. The van der Waals surface area contributed by atoms with Gasteiger partial charge in [0.1, 0.15) is 11.6 Å². The first-order valence-electron chi connectivity index (χ1n) is 8.23. The van der Waals surface area contributed by atoms with Crippen LogP contribution in [0.15, 0.2) is 47.3 Å². The van der Waals surface area contributed by atoms with Crippen LogP contribution in [0.3, 0.4) is 0 Å². The van der Waals surface area contributed by atoms with Crippen LogP contribution in [0.4, 0.5) is 4.39 Å². The zero-order valence-electron chi connectivity index (χ0n) is 14.6. The van der Waals surface area contributed by atoms with Crippen molar-refractivity contribution < 1.29 is 13.9 Å². The highest BCUT2D eigenvalue weighted by Gasteiger charge is 2.12. The Labute approximate surface area is 149 Å². The molecule has 1 heterocycles. The molecule has 0 aliphatic carbocycles. The van der Waals surface area contributed by atoms with E-state index >= 15 is 0 Å². The molecule has 0 fully saturated rings. The lowest BCUT2D eigenvalue weighted by molar-refractivity contribution is 0.0950. The topological polar surface area (TPSA) is 71.2 Å². The van der Waals surface area contributed by atoms with Gasteiger partial charge in [0, 0.05) is 17.5 Å². The van der Waals surface area contributed by atoms with Crippen molar-refractivity contribution in [2.75, 3.05) is 13.7 Å². The van der Waals surface area contributed by atoms with Gasteiger partial charge in [-0.2, -0.15) is 0 Å². The summed E-state index contributed by atoms with van der Waals surface area (Å²) in [5.74, 6) is -0.475. The average Bonchev–Trinajstić information content (AvgIpc) is 2.63. The van der Waals surface area contributed by atoms with Crippen LogP contribution in [0.25, 0.3) is 10.9 Å². The molecule has 0 radical (unpaired) electrons. The molecule has 5 nitrogen and oxygen atoms in total. The van der Waals surface area contributed by atoms with Gasteiger partial charge in [0.25, 0.3) is 11.5 Å². The number of rotatable bonds is 5. The van der Waals surface area contributed by atoms with Crippen molar-refractivity contribution in [1.29, 1.82) is 0 Å². The molecule has 2 N–H and O–H groups in total. The van der Waals surface area contributed by atoms with Crippen LogP contribution in [0.1, 0.15) is 21.5 Å². The fraction of sp³-hybridized carbons (Fsp3) is 0.200. The first kappa shape index (κ1) is 17.7. The summed E-state index contributed by atoms with van der Waals surface area (Å²) < 4.78 is 18.9. The number of H-pyrrole nitrogens is 1. The summed E-state index contributed by atoms with van der Waals surface area (Å²) in [5.41, 5.74) is 1.95. The molecule has 0 aliphatic rings. The van der Waals surface area contributed by atoms with E-state index in [0.717, 1.165) is 10.9 Å². The van der Waals surface area contributed by atoms with E-state index in [4.69, 9.17) is 4.74 Å². The normalized spacial score (nSPS) is 10.7. The van der Waals surface area contributed by atoms with Crippen LogP contribution in [0.5, 0.6) is 5.75 Å². The minimum atomic E-state index is -0.573. The summed E-state index contributed by atoms with van der Waals surface area (Å²) in [7, 11) is 1.55. The van der Waals surface area contributed by atoms with E-state index in [2.05, 4.69) is 10.3 Å². The molecule has 0 atom stereocenters. The lowest BCUT2D eigenvalue weighted by atomic mass is 10.1. The van der Waals surface area contributed by atoms with Crippen LogP contribution in [-0.4, -0.2) is 24.5 Å². The van der Waals surface area contributed by atoms with E-state index in [1.165, 1.54) is 18.2 Å². The Morgan fingerprint density at radius 2 is 2.00 bits per heavy atom. The molecule has 26 heavy (non-hydrogen) atoms. The number of hydrogen-bond acceptors (Lipinski definition) is 3. The van der Waals surface area contributed by atoms with Crippen molar-refractivity contribution in [2.24, 2.45) is 0 Å². The minimum Gasteiger partial charge on any atom is -0.495 e. The van der Waals surface area contributed by atoms with Crippen molar-refractivity contribution in [3.63, 3.8) is 0 Å². The zero-order valence-corrected chi connectivity index (χ0v) is 14.6. The van der Waals surface area contributed by atoms with E-state index in [9.17, 15) is 14.0 Å². The summed E-state index contributed by atoms with van der Waals surface area (Å²) in [6.45, 7) is 2.18. The SMILES string of the molecule is COc1ccc(C)c2cc(CCNC(=O)c3ccccc3F)c(=O)[nH]c12. The second-order valence-corrected chi connectivity index (χ2v) is 5.98. The van der Waals surface area contributed by atoms with E-state index in [0.29, 0.717) is 23.3 Å². The molecular weight excluding hydrogens is 335 g/mol. The Kier molecular flexibility index (Phi) is 5.02. The number of amides is 1. The third-order valence-electron chi connectivity index (χ3n) is 4.29. The summed E-state index contributed by atoms with van der Waals surface area (Å²) >= 11 is 0. The molecule has 0 bridgehead atoms. The number of methoxy groups -OCH3 is 1. The van der Waals surface area contributed by atoms with Gasteiger partial charge in [0.15, 0.2) is 0 Å². The van der Waals surface area contributed by atoms with Gasteiger partial charge in [-0.15, -0.1) is 0 Å². The molecule has 134 valence electrons. The quantitative estimate of drug-likeness (QED) is 0.740. The monoisotopic (exact) mass is 354 g/mol. The Bertz CT molecular complexity index is 1030. The number of pyridine rings is 1. The van der Waals surface area contributed by atoms with E-state index < -0.39 is 11.7 Å². The highest BCUT2D eigenvalue weighted by Crippen LogP contribution is 2.25. The Balaban J connectivity index is 1.78. The summed E-state index contributed by atoms with van der Waals surface area (Å²) in [5, 5.41) is 3.53. The highest BCUT2D eigenvalue weighted by molar-refractivity contribution is 5.94. The van der Waals surface area contributed by atoms with Gasteiger partial charge >= 0.3 is 0 Å². The number of aryl methyl sites for hydroxylation is 1. The molecule has 1 aromatic heterocycles. The molecule has 0 spiro atoms. The van der Waals surface area contributed by atoms with E-state index in [1.807, 2.05) is 19.1 Å². The molecule has 0 aliphatic heterocycles. The van der Waals surface area contributed by atoms with Gasteiger partial charge in [-0.3, -0.25) is 9.59 Å². The Morgan fingerprint density at radius 1 is 1.23 bits per heavy atom. The molecule has 1 amide bonds. The number of ether oxygens (including phenoxy) is 1. The Hall–Kier alpha value is -3.15. The molecule has 3 rings (SSSR count). The van der Waals surface area contributed by atoms with Gasteiger partial charge in [-0.25, -0.2) is 4.39 Å². The number of aromatic nitrogens is 1. The number of nitrogens with one attached hydrogen (secondary N) is 2. The average molecular weight is 354 g/mol. The molecular formula is C20H19FN2O3. The standard InChI is InChI=1S/C20H19FN2O3/c1-12-7-8-17(26-2)18-15(12)11-13(19(24)23-18)9-10-22-20(25)14-5-3-4-6-16(14)21/h3-8,11H,9-10H2,1-2H3,(H,22,25)(H,23,24). The van der Waals surface area contributed by atoms with Crippen LogP contribution >= 0.6 is 0 Å². The Morgan fingerprint density at radius 3 is 2.73 bits per heavy atom. The smallest absolute Gasteiger partial charge is 0.254 e. The summed E-state index contributed by atoms with van der Waals surface area (Å²) in [6, 6.07) is 11.3. The van der Waals surface area contributed by atoms with E-state index in [-0.39, 0.29) is 17.7 Å². The maximum absolute atomic E-state index is 13.6. The number of carbonyl (C=O) groups is 1. The van der Waals surface area contributed by atoms with Crippen molar-refractivity contribution in [2.45, 2.75) is 13.3 Å². The van der Waals surface area contributed by atoms with Crippen LogP contribution in [-0.2, 0) is 6.42 Å². The second-order valence-electron chi connectivity index (χ2n) is 5.98. The van der Waals surface area contributed by atoms with Gasteiger partial charge in [0.2, 0.25) is 0 Å². The third kappa shape index (κ3) is 3.44. The predicted molar refractivity (Wildman–Crippen MR) is 98.3 cm³/mol. The number of carbonyl (C=O) groups excluding carboxylic acids is 1. The fourth-order valence-electron chi connectivity index (χ4n) is 2.86. The summed E-state index contributed by atoms with van der Waals surface area (Å²) in [6.07, 6.45) is 0.335. The lowest BCUT2D eigenvalue weighted by Crippen LogP contribution is -2.28. The number of fused-ring (bicyclic) bond motifs is 1. The number of hydrogen-bond donors (Lipinski definition) is 2. The van der Waals surface area contributed by atoms with Crippen LogP contribution in [0, 0.1) is 12.7 Å². The lowest BCUT2D eigenvalue weighted by Gasteiger charge is -2.10. The first-order chi connectivity index (χ1) is 12.5. The van der Waals surface area contributed by atoms with Gasteiger partial charge in [-0.05, 0) is 43.2 Å². The molecule has 0 unspecified atom stereocenters. The van der Waals surface area contributed by atoms with Crippen LogP contribution in [0.2, 0.25) is 0 Å². The largest absolute Gasteiger partial charge is 0.495 e. The molecule has 6 heteroatoms. The highest BCUT2D eigenvalue weighted by atomic mass is 19.1. The van der Waals surface area contributed by atoms with Crippen molar-refractivity contribution in [3.05, 3.63) is 75.3 Å². The van der Waals surface area contributed by atoms with Crippen molar-refractivity contribution in [1.82, 2.24) is 10.3 Å². The van der Waals surface area contributed by atoms with Gasteiger partial charge in [-0.1, -0.05) is 18.2 Å². The second kappa shape index (κ2) is 7.39. The predicted octanol–water partition coefficient (Wildman–Crippen LogP) is 2.96. The minimum absolute atomic E-state index is 0.0134. The summed E-state index contributed by atoms with van der Waals surface area (Å²) in [4.78, 5) is 27.2. The number of halogens is 1. The number of aromatic amines is 1. The number of benzene rings is 2. The van der Waals surface area contributed by atoms with Crippen molar-refractivity contribution in [3.8, 4) is 5.75 Å². The molecule has 0 saturated heterocycles. The third-order valence-corrected chi connectivity index (χ3v) is 4.29. The van der Waals surface area contributed by atoms with Gasteiger partial charge < -0.3 is 15.0 Å². The van der Waals surface area contributed by atoms with Gasteiger partial charge in [0.05, 0.1) is 18.2 Å². The molecule has 0 saturated carbocycles. The zero-order chi connectivity index (χ0) is 18.7. The fourth-order valence-corrected chi connectivity index (χ4v) is 2.86. The van der Waals surface area contributed by atoms with Crippen molar-refractivity contribution >= 4 is 16.8 Å². The maximum Gasteiger partial charge on any atom is 0.254 e.